The zero-order valence-electron chi connectivity index (χ0n) is 7.12. The third kappa shape index (κ3) is 0.934. The number of hydrogen-bond donors (Lipinski definition) is 0. The molecule has 12 heavy (non-hydrogen) atoms. The van der Waals surface area contributed by atoms with E-state index in [1.165, 1.54) is 0 Å². The van der Waals surface area contributed by atoms with E-state index in [1.54, 1.807) is 0 Å². The molecule has 3 nitrogen and oxygen atoms in total. The lowest BCUT2D eigenvalue weighted by Crippen LogP contribution is -2.27. The summed E-state index contributed by atoms with van der Waals surface area (Å²) in [4.78, 5) is 0. The molecule has 1 saturated carbocycles. The summed E-state index contributed by atoms with van der Waals surface area (Å²) in [5, 5.41) is 0. The molecular weight excluding hydrogens is 156 g/mol. The summed E-state index contributed by atoms with van der Waals surface area (Å²) >= 11 is 0. The maximum Gasteiger partial charge on any atom is 0.169 e. The van der Waals surface area contributed by atoms with Gasteiger partial charge in [0.05, 0.1) is 13.2 Å². The van der Waals surface area contributed by atoms with E-state index in [2.05, 4.69) is 0 Å². The van der Waals surface area contributed by atoms with Crippen LogP contribution in [0.5, 0.6) is 0 Å². The van der Waals surface area contributed by atoms with Crippen molar-refractivity contribution < 1.29 is 14.2 Å². The second-order valence-corrected chi connectivity index (χ2v) is 4.07. The van der Waals surface area contributed by atoms with Crippen LogP contribution in [0.1, 0.15) is 12.8 Å². The highest BCUT2D eigenvalue weighted by Crippen LogP contribution is 2.47. The van der Waals surface area contributed by atoms with Gasteiger partial charge in [-0.25, -0.2) is 0 Å². The minimum absolute atomic E-state index is 0.195. The zero-order valence-corrected chi connectivity index (χ0v) is 7.12. The molecule has 0 aromatic carbocycles. The van der Waals surface area contributed by atoms with Crippen LogP contribution < -0.4 is 0 Å². The Balaban J connectivity index is 1.77. The van der Waals surface area contributed by atoms with Crippen LogP contribution in [0, 0.1) is 11.8 Å². The summed E-state index contributed by atoms with van der Waals surface area (Å²) in [6.07, 6.45) is 2.11. The van der Waals surface area contributed by atoms with Crippen molar-refractivity contribution in [2.45, 2.75) is 18.6 Å². The van der Waals surface area contributed by atoms with E-state index in [1.807, 2.05) is 0 Å². The molecule has 0 aromatic heterocycles. The monoisotopic (exact) mass is 170 g/mol. The van der Waals surface area contributed by atoms with Gasteiger partial charge in [0.2, 0.25) is 0 Å². The molecule has 0 aromatic rings. The van der Waals surface area contributed by atoms with E-state index in [-0.39, 0.29) is 5.79 Å². The molecule has 0 bridgehead atoms. The molecular formula is C9H14O3. The Morgan fingerprint density at radius 3 is 2.08 bits per heavy atom. The Hall–Kier alpha value is -0.120. The third-order valence-electron chi connectivity index (χ3n) is 3.29. The fourth-order valence-electron chi connectivity index (χ4n) is 2.71. The molecule has 1 aliphatic carbocycles. The smallest absolute Gasteiger partial charge is 0.169 e. The summed E-state index contributed by atoms with van der Waals surface area (Å²) in [5.74, 6) is 1.20. The summed E-state index contributed by atoms with van der Waals surface area (Å²) in [5.41, 5.74) is 0. The number of hydrogen-bond acceptors (Lipinski definition) is 3. The molecule has 2 atom stereocenters. The largest absolute Gasteiger partial charge is 0.381 e. The molecule has 2 unspecified atom stereocenters. The van der Waals surface area contributed by atoms with E-state index in [0.29, 0.717) is 11.8 Å². The molecule has 0 radical (unpaired) electrons. The number of fused-ring (bicyclic) bond motifs is 1. The molecule has 3 heteroatoms. The molecule has 0 N–H and O–H groups in total. The Bertz CT molecular complexity index is 172. The highest BCUT2D eigenvalue weighted by Gasteiger charge is 2.51. The van der Waals surface area contributed by atoms with Gasteiger partial charge < -0.3 is 14.2 Å². The molecule has 3 rings (SSSR count). The minimum Gasteiger partial charge on any atom is -0.381 e. The highest BCUT2D eigenvalue weighted by atomic mass is 16.7. The van der Waals surface area contributed by atoms with Gasteiger partial charge in [0.15, 0.2) is 5.79 Å². The van der Waals surface area contributed by atoms with Gasteiger partial charge in [0.25, 0.3) is 0 Å². The maximum absolute atomic E-state index is 5.66. The van der Waals surface area contributed by atoms with Crippen molar-refractivity contribution in [3.05, 3.63) is 0 Å². The molecule has 2 saturated heterocycles. The quantitative estimate of drug-likeness (QED) is 0.538. The van der Waals surface area contributed by atoms with Crippen molar-refractivity contribution in [2.75, 3.05) is 26.4 Å². The Labute approximate surface area is 72.0 Å². The fraction of sp³-hybridized carbons (Fsp3) is 1.00. The summed E-state index contributed by atoms with van der Waals surface area (Å²) in [6, 6.07) is 0. The first-order chi connectivity index (χ1) is 5.88. The first-order valence-electron chi connectivity index (χ1n) is 4.74. The van der Waals surface area contributed by atoms with Crippen molar-refractivity contribution in [2.24, 2.45) is 11.8 Å². The molecule has 2 heterocycles. The number of rotatable bonds is 0. The van der Waals surface area contributed by atoms with E-state index < -0.39 is 0 Å². The lowest BCUT2D eigenvalue weighted by Gasteiger charge is -2.22. The van der Waals surface area contributed by atoms with Crippen LogP contribution >= 0.6 is 0 Å². The van der Waals surface area contributed by atoms with Gasteiger partial charge >= 0.3 is 0 Å². The van der Waals surface area contributed by atoms with Gasteiger partial charge in [0, 0.05) is 26.1 Å². The summed E-state index contributed by atoms with van der Waals surface area (Å²) < 4.78 is 16.7. The number of ether oxygens (including phenoxy) is 3. The third-order valence-corrected chi connectivity index (χ3v) is 3.29. The van der Waals surface area contributed by atoms with Crippen molar-refractivity contribution in [3.63, 3.8) is 0 Å². The van der Waals surface area contributed by atoms with Crippen molar-refractivity contribution >= 4 is 0 Å². The van der Waals surface area contributed by atoms with Crippen molar-refractivity contribution in [1.82, 2.24) is 0 Å². The summed E-state index contributed by atoms with van der Waals surface area (Å²) in [6.45, 7) is 3.39. The van der Waals surface area contributed by atoms with Gasteiger partial charge in [-0.3, -0.25) is 0 Å². The SMILES string of the molecule is C1COC2(CC3COCC3C2)O1. The second kappa shape index (κ2) is 2.44. The standard InChI is InChI=1S/C9H14O3/c1-2-12-9(11-1)3-7-5-10-6-8(7)4-9/h7-8H,1-6H2. The topological polar surface area (TPSA) is 27.7 Å². The van der Waals surface area contributed by atoms with E-state index in [9.17, 15) is 0 Å². The molecule has 0 amide bonds. The molecule has 3 aliphatic rings. The highest BCUT2D eigenvalue weighted by molar-refractivity contribution is 4.94. The van der Waals surface area contributed by atoms with Crippen LogP contribution in [-0.4, -0.2) is 32.2 Å². The van der Waals surface area contributed by atoms with Gasteiger partial charge in [-0.05, 0) is 11.8 Å². The predicted octanol–water partition coefficient (Wildman–Crippen LogP) is 0.786. The normalized spacial score (nSPS) is 44.0. The van der Waals surface area contributed by atoms with Crippen LogP contribution in [0.3, 0.4) is 0 Å². The molecule has 1 spiro atoms. The fourth-order valence-corrected chi connectivity index (χ4v) is 2.71. The zero-order chi connectivity index (χ0) is 8.02. The Morgan fingerprint density at radius 1 is 0.917 bits per heavy atom. The van der Waals surface area contributed by atoms with Gasteiger partial charge in [-0.1, -0.05) is 0 Å². The van der Waals surface area contributed by atoms with Gasteiger partial charge in [0.1, 0.15) is 0 Å². The lowest BCUT2D eigenvalue weighted by molar-refractivity contribution is -0.158. The second-order valence-electron chi connectivity index (χ2n) is 4.07. The molecule has 3 fully saturated rings. The first-order valence-corrected chi connectivity index (χ1v) is 4.74. The van der Waals surface area contributed by atoms with Gasteiger partial charge in [-0.2, -0.15) is 0 Å². The molecule has 68 valence electrons. The summed E-state index contributed by atoms with van der Waals surface area (Å²) in [7, 11) is 0. The van der Waals surface area contributed by atoms with Gasteiger partial charge in [-0.15, -0.1) is 0 Å². The Morgan fingerprint density at radius 2 is 1.50 bits per heavy atom. The average Bonchev–Trinajstić information content (AvgIpc) is 2.66. The molecule has 2 aliphatic heterocycles. The maximum atomic E-state index is 5.66. The van der Waals surface area contributed by atoms with E-state index in [0.717, 1.165) is 39.3 Å². The van der Waals surface area contributed by atoms with E-state index in [4.69, 9.17) is 14.2 Å². The lowest BCUT2D eigenvalue weighted by atomic mass is 10.0. The minimum atomic E-state index is -0.195. The first kappa shape index (κ1) is 7.30. The van der Waals surface area contributed by atoms with Crippen molar-refractivity contribution in [1.29, 1.82) is 0 Å². The average molecular weight is 170 g/mol. The van der Waals surface area contributed by atoms with Crippen LogP contribution in [0.15, 0.2) is 0 Å². The van der Waals surface area contributed by atoms with Crippen LogP contribution in [-0.2, 0) is 14.2 Å². The predicted molar refractivity (Wildman–Crippen MR) is 41.7 cm³/mol. The van der Waals surface area contributed by atoms with Crippen LogP contribution in [0.2, 0.25) is 0 Å². The van der Waals surface area contributed by atoms with Crippen LogP contribution in [0.25, 0.3) is 0 Å². The van der Waals surface area contributed by atoms with Crippen LogP contribution in [0.4, 0.5) is 0 Å². The Kier molecular flexibility index (Phi) is 1.48. The van der Waals surface area contributed by atoms with Crippen molar-refractivity contribution in [3.8, 4) is 0 Å². The van der Waals surface area contributed by atoms with E-state index >= 15 is 0 Å².